The van der Waals surface area contributed by atoms with Gasteiger partial charge in [-0.15, -0.1) is 0 Å². The van der Waals surface area contributed by atoms with Gasteiger partial charge in [0, 0.05) is 28.5 Å². The molecule has 0 saturated carbocycles. The molecule has 2 aromatic heterocycles. The van der Waals surface area contributed by atoms with E-state index in [4.69, 9.17) is 19.9 Å². The molecular formula is C55H36N6. The fraction of sp³-hybridized carbons (Fsp3) is 0.0364. The molecule has 0 N–H and O–H groups in total. The van der Waals surface area contributed by atoms with Crippen LogP contribution in [0.3, 0.4) is 0 Å². The maximum Gasteiger partial charge on any atom is 0.164 e. The van der Waals surface area contributed by atoms with Crippen molar-refractivity contribution in [3.05, 3.63) is 199 Å². The number of hydrogen-bond acceptors (Lipinski definition) is 5. The van der Waals surface area contributed by atoms with E-state index in [0.717, 1.165) is 72.9 Å². The van der Waals surface area contributed by atoms with Crippen LogP contribution >= 0.6 is 0 Å². The van der Waals surface area contributed by atoms with Crippen molar-refractivity contribution in [2.75, 3.05) is 0 Å². The molecule has 9 aromatic carbocycles. The fourth-order valence-electron chi connectivity index (χ4n) is 8.55. The van der Waals surface area contributed by atoms with Crippen molar-refractivity contribution in [3.63, 3.8) is 0 Å². The predicted molar refractivity (Wildman–Crippen MR) is 248 cm³/mol. The number of para-hydroxylation sites is 2. The van der Waals surface area contributed by atoms with Gasteiger partial charge < -0.3 is 0 Å². The molecule has 0 aliphatic rings. The maximum atomic E-state index is 9.53. The van der Waals surface area contributed by atoms with Gasteiger partial charge in [-0.3, -0.25) is 4.57 Å². The molecule has 6 heteroatoms. The summed E-state index contributed by atoms with van der Waals surface area (Å²) < 4.78 is 2.32. The Morgan fingerprint density at radius 3 is 1.84 bits per heavy atom. The molecule has 0 atom stereocenters. The fourth-order valence-corrected chi connectivity index (χ4v) is 8.55. The normalized spacial score (nSPS) is 11.4. The van der Waals surface area contributed by atoms with Crippen LogP contribution in [-0.2, 0) is 6.42 Å². The van der Waals surface area contributed by atoms with Gasteiger partial charge in [0.15, 0.2) is 17.5 Å². The number of benzene rings is 9. The Labute approximate surface area is 352 Å². The molecule has 0 amide bonds. The second kappa shape index (κ2) is 14.8. The third kappa shape index (κ3) is 6.46. The smallest absolute Gasteiger partial charge is 0.164 e. The van der Waals surface area contributed by atoms with Crippen LogP contribution in [-0.4, -0.2) is 24.5 Å². The Morgan fingerprint density at radius 1 is 0.443 bits per heavy atom. The largest absolute Gasteiger partial charge is 0.296 e. The number of imidazole rings is 1. The highest BCUT2D eigenvalue weighted by Gasteiger charge is 2.17. The lowest BCUT2D eigenvalue weighted by Crippen LogP contribution is -2.01. The van der Waals surface area contributed by atoms with Crippen LogP contribution in [0.5, 0.6) is 0 Å². The van der Waals surface area contributed by atoms with Gasteiger partial charge in [-0.25, -0.2) is 19.9 Å². The minimum absolute atomic E-state index is 0.573. The van der Waals surface area contributed by atoms with Crippen LogP contribution in [0.4, 0.5) is 0 Å². The molecule has 0 bridgehead atoms. The topological polar surface area (TPSA) is 80.3 Å². The van der Waals surface area contributed by atoms with Crippen LogP contribution in [0.1, 0.15) is 18.3 Å². The average Bonchev–Trinajstić information content (AvgIpc) is 3.71. The third-order valence-corrected chi connectivity index (χ3v) is 11.6. The zero-order chi connectivity index (χ0) is 40.9. The predicted octanol–water partition coefficient (Wildman–Crippen LogP) is 13.4. The van der Waals surface area contributed by atoms with Crippen LogP contribution < -0.4 is 0 Å². The van der Waals surface area contributed by atoms with E-state index in [-0.39, 0.29) is 0 Å². The first kappa shape index (κ1) is 35.9. The Morgan fingerprint density at radius 2 is 1.03 bits per heavy atom. The summed E-state index contributed by atoms with van der Waals surface area (Å²) in [5, 5.41) is 16.3. The van der Waals surface area contributed by atoms with Crippen LogP contribution in [0, 0.1) is 11.3 Å². The molecular weight excluding hydrogens is 745 g/mol. The quantitative estimate of drug-likeness (QED) is 0.161. The van der Waals surface area contributed by atoms with Gasteiger partial charge in [0.1, 0.15) is 5.82 Å². The minimum atomic E-state index is 0.573. The lowest BCUT2D eigenvalue weighted by molar-refractivity contribution is 0.913. The second-order valence-corrected chi connectivity index (χ2v) is 15.3. The van der Waals surface area contributed by atoms with Crippen molar-refractivity contribution < 1.29 is 0 Å². The Balaban J connectivity index is 0.956. The van der Waals surface area contributed by atoms with E-state index in [1.807, 2.05) is 66.7 Å². The van der Waals surface area contributed by atoms with Crippen LogP contribution in [0.15, 0.2) is 188 Å². The standard InChI is InChI=1S/C55H36N6/c1-2-52-57-49-17-8-9-18-51(49)61(52)50-28-27-46(47-15-6-7-16-48(47)50)42-25-24-40-30-39(22-23-41(40)31-42)38-13-10-14-43(32-38)54-58-53(37-11-4-3-5-12-37)59-55(60-54)44-26-21-36-20-19-35(34-56)29-45(36)33-44/h3-33H,2H2,1H3. The van der Waals surface area contributed by atoms with Gasteiger partial charge in [-0.05, 0) is 104 Å². The molecule has 0 aliphatic carbocycles. The van der Waals surface area contributed by atoms with Crippen molar-refractivity contribution in [1.29, 1.82) is 5.26 Å². The number of nitrogens with zero attached hydrogens (tertiary/aromatic N) is 6. The van der Waals surface area contributed by atoms with Crippen LogP contribution in [0.25, 0.3) is 105 Å². The molecule has 6 nitrogen and oxygen atoms in total. The summed E-state index contributed by atoms with van der Waals surface area (Å²) in [6, 6.07) is 67.5. The zero-order valence-electron chi connectivity index (χ0n) is 33.3. The summed E-state index contributed by atoms with van der Waals surface area (Å²) in [6.45, 7) is 2.17. The van der Waals surface area contributed by atoms with Crippen molar-refractivity contribution in [2.24, 2.45) is 0 Å². The van der Waals surface area contributed by atoms with Crippen molar-refractivity contribution in [2.45, 2.75) is 13.3 Å². The molecule has 11 rings (SSSR count). The van der Waals surface area contributed by atoms with E-state index in [0.29, 0.717) is 23.0 Å². The number of fused-ring (bicyclic) bond motifs is 4. The van der Waals surface area contributed by atoms with Crippen molar-refractivity contribution >= 4 is 43.4 Å². The molecule has 0 saturated heterocycles. The molecule has 0 fully saturated rings. The molecule has 0 spiro atoms. The number of rotatable bonds is 7. The first-order chi connectivity index (χ1) is 30.1. The SMILES string of the molecule is CCc1nc2ccccc2n1-c1ccc(-c2ccc3cc(-c4cccc(-c5nc(-c6ccccc6)nc(-c6ccc7ccc(C#N)cc7c6)n5)c4)ccc3c2)c2ccccc12. The Kier molecular flexibility index (Phi) is 8.72. The lowest BCUT2D eigenvalue weighted by atomic mass is 9.94. The molecule has 0 radical (unpaired) electrons. The minimum Gasteiger partial charge on any atom is -0.296 e. The van der Waals surface area contributed by atoms with Gasteiger partial charge in [0.25, 0.3) is 0 Å². The van der Waals surface area contributed by atoms with Gasteiger partial charge in [0.2, 0.25) is 0 Å². The maximum absolute atomic E-state index is 9.53. The average molecular weight is 781 g/mol. The summed E-state index contributed by atoms with van der Waals surface area (Å²) in [5.41, 5.74) is 11.1. The zero-order valence-corrected chi connectivity index (χ0v) is 33.3. The van der Waals surface area contributed by atoms with Gasteiger partial charge >= 0.3 is 0 Å². The van der Waals surface area contributed by atoms with Gasteiger partial charge in [-0.1, -0.05) is 140 Å². The van der Waals surface area contributed by atoms with Gasteiger partial charge in [0.05, 0.1) is 28.4 Å². The second-order valence-electron chi connectivity index (χ2n) is 15.3. The highest BCUT2D eigenvalue weighted by Crippen LogP contribution is 2.37. The molecule has 11 aromatic rings. The lowest BCUT2D eigenvalue weighted by Gasteiger charge is -2.15. The van der Waals surface area contributed by atoms with E-state index in [1.54, 1.807) is 0 Å². The monoisotopic (exact) mass is 780 g/mol. The highest BCUT2D eigenvalue weighted by molar-refractivity contribution is 6.04. The van der Waals surface area contributed by atoms with Crippen molar-refractivity contribution in [1.82, 2.24) is 24.5 Å². The molecule has 61 heavy (non-hydrogen) atoms. The first-order valence-electron chi connectivity index (χ1n) is 20.5. The molecule has 0 unspecified atom stereocenters. The summed E-state index contributed by atoms with van der Waals surface area (Å²) >= 11 is 0. The van der Waals surface area contributed by atoms with Gasteiger partial charge in [-0.2, -0.15) is 5.26 Å². The third-order valence-electron chi connectivity index (χ3n) is 11.6. The summed E-state index contributed by atoms with van der Waals surface area (Å²) in [6.07, 6.45) is 0.841. The van der Waals surface area contributed by atoms with Crippen LogP contribution in [0.2, 0.25) is 0 Å². The summed E-state index contributed by atoms with van der Waals surface area (Å²) in [5.74, 6) is 2.82. The summed E-state index contributed by atoms with van der Waals surface area (Å²) in [4.78, 5) is 20.0. The van der Waals surface area contributed by atoms with E-state index >= 15 is 0 Å². The Bertz CT molecular complexity index is 3540. The van der Waals surface area contributed by atoms with Crippen molar-refractivity contribution in [3.8, 4) is 68.2 Å². The van der Waals surface area contributed by atoms with E-state index in [2.05, 4.69) is 139 Å². The number of aryl methyl sites for hydroxylation is 1. The first-order valence-corrected chi connectivity index (χ1v) is 20.5. The van der Waals surface area contributed by atoms with E-state index in [1.165, 1.54) is 27.3 Å². The Hall–Kier alpha value is -8.27. The number of aromatic nitrogens is 5. The number of nitriles is 1. The summed E-state index contributed by atoms with van der Waals surface area (Å²) in [7, 11) is 0. The highest BCUT2D eigenvalue weighted by atomic mass is 15.1. The van der Waals surface area contributed by atoms with E-state index in [9.17, 15) is 5.26 Å². The molecule has 286 valence electrons. The molecule has 2 heterocycles. The van der Waals surface area contributed by atoms with E-state index < -0.39 is 0 Å². The number of hydrogen-bond donors (Lipinski definition) is 0. The molecule has 0 aliphatic heterocycles.